The molecule has 1 aliphatic heterocycles. The van der Waals surface area contributed by atoms with Gasteiger partial charge in [0.25, 0.3) is 11.2 Å². The Hall–Kier alpha value is -2.59. The van der Waals surface area contributed by atoms with Crippen molar-refractivity contribution in [3.8, 4) is 22.8 Å². The highest BCUT2D eigenvalue weighted by molar-refractivity contribution is 6.91. The summed E-state index contributed by atoms with van der Waals surface area (Å²) in [5.41, 5.74) is 8.78. The molecule has 2 aromatic carbocycles. The van der Waals surface area contributed by atoms with Crippen molar-refractivity contribution in [3.05, 3.63) is 47.2 Å². The van der Waals surface area contributed by atoms with Crippen LogP contribution in [0.15, 0.2) is 34.9 Å². The summed E-state index contributed by atoms with van der Waals surface area (Å²) >= 11 is 0. The molecule has 5 rings (SSSR count). The number of hydrogen-bond donors (Lipinski definition) is 0. The van der Waals surface area contributed by atoms with Crippen LogP contribution in [-0.2, 0) is 13.5 Å². The molecule has 3 heterocycles. The molecule has 0 aliphatic carbocycles. The lowest BCUT2D eigenvalue weighted by Gasteiger charge is -2.28. The van der Waals surface area contributed by atoms with Gasteiger partial charge < -0.3 is 9.15 Å². The Morgan fingerprint density at radius 2 is 1.75 bits per heavy atom. The topological polar surface area (TPSA) is 26.2 Å². The molecule has 0 saturated heterocycles. The van der Waals surface area contributed by atoms with Crippen molar-refractivity contribution < 1.29 is 13.7 Å². The van der Waals surface area contributed by atoms with Gasteiger partial charge in [-0.2, -0.15) is 4.57 Å². The molecule has 0 saturated carbocycles. The van der Waals surface area contributed by atoms with Crippen molar-refractivity contribution >= 4 is 35.1 Å². The van der Waals surface area contributed by atoms with E-state index < -0.39 is 8.07 Å². The van der Waals surface area contributed by atoms with Gasteiger partial charge in [-0.3, -0.25) is 0 Å². The summed E-state index contributed by atoms with van der Waals surface area (Å²) in [4.78, 5) is 0. The van der Waals surface area contributed by atoms with Crippen LogP contribution >= 0.6 is 0 Å². The molecule has 0 radical (unpaired) electrons. The standard InChI is InChI=1S/C28H34NO2Si/c1-16-12-19-13-18(15-28(3,4)5)14-21-23(19)22(17(16)2)24-26(31-21)27(32(7,8)9)25-20(29(24)6)10-11-30-25/h10-14H,15H2,1-9H3/q+1. The lowest BCUT2D eigenvalue weighted by atomic mass is 9.85. The zero-order valence-corrected chi connectivity index (χ0v) is 21.9. The molecule has 0 spiro atoms. The largest absolute Gasteiger partial charge is 0.458 e. The summed E-state index contributed by atoms with van der Waals surface area (Å²) in [5.74, 6) is 1.97. The van der Waals surface area contributed by atoms with Crippen molar-refractivity contribution in [1.82, 2.24) is 0 Å². The number of ether oxygens (including phenoxy) is 1. The molecular weight excluding hydrogens is 410 g/mol. The first-order valence-electron chi connectivity index (χ1n) is 11.6. The van der Waals surface area contributed by atoms with Crippen LogP contribution < -0.4 is 14.5 Å². The van der Waals surface area contributed by atoms with Gasteiger partial charge in [-0.25, -0.2) is 0 Å². The van der Waals surface area contributed by atoms with Gasteiger partial charge in [-0.05, 0) is 53.8 Å². The number of nitrogens with zero attached hydrogens (tertiary/aromatic N) is 1. The van der Waals surface area contributed by atoms with Crippen LogP contribution in [0.25, 0.3) is 33.1 Å². The third kappa shape index (κ3) is 3.11. The van der Waals surface area contributed by atoms with Crippen LogP contribution in [0.3, 0.4) is 0 Å². The SMILES string of the molecule is Cc1cc2cc(CC(C)(C)C)cc3c2c(c1C)-c1c(c([Si](C)(C)C)c2occc2[n+]1C)O3. The number of hydrogen-bond acceptors (Lipinski definition) is 2. The number of fused-ring (bicyclic) bond motifs is 3. The summed E-state index contributed by atoms with van der Waals surface area (Å²) < 4.78 is 15.2. The van der Waals surface area contributed by atoms with Gasteiger partial charge in [-0.1, -0.05) is 52.5 Å². The molecule has 0 atom stereocenters. The quantitative estimate of drug-likeness (QED) is 0.218. The Balaban J connectivity index is 1.95. The number of aromatic nitrogens is 1. The molecule has 0 unspecified atom stereocenters. The smallest absolute Gasteiger partial charge is 0.256 e. The molecule has 0 amide bonds. The fourth-order valence-electron chi connectivity index (χ4n) is 5.31. The number of aryl methyl sites for hydroxylation is 2. The maximum Gasteiger partial charge on any atom is 0.256 e. The number of pyridine rings is 1. The Kier molecular flexibility index (Phi) is 4.46. The first kappa shape index (κ1) is 21.3. The number of benzene rings is 2. The summed E-state index contributed by atoms with van der Waals surface area (Å²) in [7, 11) is 0.356. The lowest BCUT2D eigenvalue weighted by molar-refractivity contribution is -0.633. The zero-order valence-electron chi connectivity index (χ0n) is 20.9. The first-order valence-corrected chi connectivity index (χ1v) is 15.1. The summed E-state index contributed by atoms with van der Waals surface area (Å²) in [6.07, 6.45) is 2.83. The molecule has 0 N–H and O–H groups in total. The van der Waals surface area contributed by atoms with Crippen LogP contribution in [0, 0.1) is 19.3 Å². The predicted molar refractivity (Wildman–Crippen MR) is 136 cm³/mol. The third-order valence-electron chi connectivity index (χ3n) is 6.72. The monoisotopic (exact) mass is 444 g/mol. The normalized spacial score (nSPS) is 13.5. The third-order valence-corrected chi connectivity index (χ3v) is 8.68. The number of rotatable bonds is 2. The molecule has 4 aromatic rings. The Bertz CT molecular complexity index is 1410. The average Bonchev–Trinajstić information content (AvgIpc) is 3.12. The van der Waals surface area contributed by atoms with E-state index >= 15 is 0 Å². The van der Waals surface area contributed by atoms with Crippen molar-refractivity contribution in [1.29, 1.82) is 0 Å². The highest BCUT2D eigenvalue weighted by Crippen LogP contribution is 2.48. The highest BCUT2D eigenvalue weighted by atomic mass is 28.3. The van der Waals surface area contributed by atoms with E-state index in [0.29, 0.717) is 0 Å². The van der Waals surface area contributed by atoms with E-state index in [-0.39, 0.29) is 5.41 Å². The van der Waals surface area contributed by atoms with E-state index in [2.05, 4.69) is 90.1 Å². The number of furan rings is 1. The molecule has 2 aromatic heterocycles. The minimum absolute atomic E-state index is 0.214. The van der Waals surface area contributed by atoms with Crippen molar-refractivity contribution in [2.75, 3.05) is 0 Å². The fraction of sp³-hybridized carbons (Fsp3) is 0.393. The van der Waals surface area contributed by atoms with Crippen molar-refractivity contribution in [2.24, 2.45) is 12.5 Å². The van der Waals surface area contributed by atoms with E-state index in [1.165, 1.54) is 43.9 Å². The molecule has 1 aliphatic rings. The molecular formula is C28H34NO2Si+. The first-order chi connectivity index (χ1) is 14.9. The van der Waals surface area contributed by atoms with Gasteiger partial charge in [0.15, 0.2) is 0 Å². The van der Waals surface area contributed by atoms with E-state index in [4.69, 9.17) is 9.15 Å². The van der Waals surface area contributed by atoms with E-state index in [1.807, 2.05) is 6.26 Å². The highest BCUT2D eigenvalue weighted by Gasteiger charge is 2.39. The van der Waals surface area contributed by atoms with Crippen molar-refractivity contribution in [2.45, 2.75) is 60.7 Å². The van der Waals surface area contributed by atoms with Gasteiger partial charge in [0, 0.05) is 16.6 Å². The van der Waals surface area contributed by atoms with Crippen LogP contribution in [0.4, 0.5) is 0 Å². The van der Waals surface area contributed by atoms with E-state index in [1.54, 1.807) is 0 Å². The molecule has 0 bridgehead atoms. The Morgan fingerprint density at radius 1 is 1.03 bits per heavy atom. The molecule has 3 nitrogen and oxygen atoms in total. The minimum atomic E-state index is -1.78. The minimum Gasteiger partial charge on any atom is -0.458 e. The zero-order chi connectivity index (χ0) is 23.2. The molecule has 166 valence electrons. The maximum atomic E-state index is 6.87. The van der Waals surface area contributed by atoms with Crippen LogP contribution in [0.1, 0.15) is 37.5 Å². The second-order valence-electron chi connectivity index (χ2n) is 11.7. The van der Waals surface area contributed by atoms with Gasteiger partial charge >= 0.3 is 0 Å². The predicted octanol–water partition coefficient (Wildman–Crippen LogP) is 6.93. The van der Waals surface area contributed by atoms with Gasteiger partial charge in [0.05, 0.1) is 19.9 Å². The van der Waals surface area contributed by atoms with Gasteiger partial charge in [0.1, 0.15) is 12.8 Å². The molecule has 4 heteroatoms. The fourth-order valence-corrected chi connectivity index (χ4v) is 7.03. The van der Waals surface area contributed by atoms with Crippen LogP contribution in [0.2, 0.25) is 19.6 Å². The summed E-state index contributed by atoms with van der Waals surface area (Å²) in [5, 5.41) is 3.78. The van der Waals surface area contributed by atoms with Crippen LogP contribution in [-0.4, -0.2) is 8.07 Å². The Morgan fingerprint density at radius 3 is 2.41 bits per heavy atom. The summed E-state index contributed by atoms with van der Waals surface area (Å²) in [6, 6.07) is 9.05. The van der Waals surface area contributed by atoms with Crippen LogP contribution in [0.5, 0.6) is 11.5 Å². The lowest BCUT2D eigenvalue weighted by Crippen LogP contribution is -2.44. The van der Waals surface area contributed by atoms with Gasteiger partial charge in [-0.15, -0.1) is 0 Å². The second-order valence-corrected chi connectivity index (χ2v) is 16.7. The summed E-state index contributed by atoms with van der Waals surface area (Å²) in [6.45, 7) is 18.5. The molecule has 32 heavy (non-hydrogen) atoms. The maximum absolute atomic E-state index is 6.87. The molecule has 0 fully saturated rings. The van der Waals surface area contributed by atoms with Crippen molar-refractivity contribution in [3.63, 3.8) is 0 Å². The van der Waals surface area contributed by atoms with E-state index in [0.717, 1.165) is 29.0 Å². The second kappa shape index (κ2) is 6.71. The van der Waals surface area contributed by atoms with Gasteiger partial charge in [0.2, 0.25) is 11.3 Å². The van der Waals surface area contributed by atoms with E-state index in [9.17, 15) is 0 Å². The average molecular weight is 445 g/mol. The Labute approximate surface area is 192 Å².